The van der Waals surface area contributed by atoms with E-state index < -0.39 is 0 Å². The molecule has 0 spiro atoms. The second kappa shape index (κ2) is 4.37. The third-order valence-electron chi connectivity index (χ3n) is 3.52. The van der Waals surface area contributed by atoms with Crippen molar-refractivity contribution in [3.63, 3.8) is 0 Å². The quantitative estimate of drug-likeness (QED) is 0.879. The fourth-order valence-corrected chi connectivity index (χ4v) is 2.40. The van der Waals surface area contributed by atoms with E-state index in [-0.39, 0.29) is 0 Å². The van der Waals surface area contributed by atoms with Gasteiger partial charge in [-0.05, 0) is 44.0 Å². The molecular weight excluding hydrogens is 224 g/mol. The van der Waals surface area contributed by atoms with E-state index >= 15 is 0 Å². The molecule has 1 aliphatic heterocycles. The molecule has 0 amide bonds. The number of benzene rings is 1. The topological polar surface area (TPSA) is 47.1 Å². The van der Waals surface area contributed by atoms with Crippen LogP contribution in [0.4, 0.5) is 11.4 Å². The average molecular weight is 242 g/mol. The van der Waals surface area contributed by atoms with Gasteiger partial charge in [-0.15, -0.1) is 0 Å². The van der Waals surface area contributed by atoms with Crippen molar-refractivity contribution >= 4 is 11.4 Å². The van der Waals surface area contributed by atoms with Crippen LogP contribution in [0.5, 0.6) is 0 Å². The lowest BCUT2D eigenvalue weighted by molar-refractivity contribution is 0.861. The number of aryl methyl sites for hydroxylation is 1. The van der Waals surface area contributed by atoms with Gasteiger partial charge < -0.3 is 10.6 Å². The van der Waals surface area contributed by atoms with Crippen molar-refractivity contribution in [2.45, 2.75) is 19.8 Å². The molecule has 1 saturated heterocycles. The van der Waals surface area contributed by atoms with Crippen LogP contribution in [-0.4, -0.2) is 22.9 Å². The van der Waals surface area contributed by atoms with E-state index in [1.807, 2.05) is 17.8 Å². The van der Waals surface area contributed by atoms with Crippen molar-refractivity contribution in [3.05, 3.63) is 36.2 Å². The van der Waals surface area contributed by atoms with Crippen LogP contribution in [0.1, 0.15) is 18.5 Å². The van der Waals surface area contributed by atoms with Gasteiger partial charge in [0.1, 0.15) is 0 Å². The second-order valence-corrected chi connectivity index (χ2v) is 4.82. The normalized spacial score (nSPS) is 15.3. The van der Waals surface area contributed by atoms with E-state index in [1.165, 1.54) is 31.6 Å². The summed E-state index contributed by atoms with van der Waals surface area (Å²) < 4.78 is 1.83. The maximum Gasteiger partial charge on any atom is 0.0827 e. The molecule has 0 radical (unpaired) electrons. The lowest BCUT2D eigenvalue weighted by atomic mass is 10.2. The average Bonchev–Trinajstić information content (AvgIpc) is 3.01. The first kappa shape index (κ1) is 11.1. The Morgan fingerprint density at radius 2 is 1.67 bits per heavy atom. The Labute approximate surface area is 107 Å². The molecule has 4 heteroatoms. The minimum absolute atomic E-state index is 0.735. The van der Waals surface area contributed by atoms with Crippen LogP contribution in [0, 0.1) is 6.92 Å². The highest BCUT2D eigenvalue weighted by Gasteiger charge is 2.12. The zero-order chi connectivity index (χ0) is 12.5. The van der Waals surface area contributed by atoms with Crippen molar-refractivity contribution in [3.8, 4) is 5.69 Å². The van der Waals surface area contributed by atoms with E-state index in [4.69, 9.17) is 5.73 Å². The molecule has 94 valence electrons. The molecule has 0 saturated carbocycles. The first-order valence-corrected chi connectivity index (χ1v) is 6.41. The Morgan fingerprint density at radius 3 is 2.22 bits per heavy atom. The molecule has 4 nitrogen and oxygen atoms in total. The van der Waals surface area contributed by atoms with Crippen molar-refractivity contribution in [1.82, 2.24) is 9.78 Å². The van der Waals surface area contributed by atoms with E-state index in [0.717, 1.165) is 17.1 Å². The summed E-state index contributed by atoms with van der Waals surface area (Å²) in [5, 5.41) is 4.39. The summed E-state index contributed by atoms with van der Waals surface area (Å²) in [4.78, 5) is 2.42. The van der Waals surface area contributed by atoms with Crippen molar-refractivity contribution in [2.75, 3.05) is 23.7 Å². The summed E-state index contributed by atoms with van der Waals surface area (Å²) in [5.41, 5.74) is 9.78. The minimum atomic E-state index is 0.735. The summed E-state index contributed by atoms with van der Waals surface area (Å²) in [7, 11) is 0. The number of hydrogen-bond acceptors (Lipinski definition) is 3. The Hall–Kier alpha value is -1.97. The van der Waals surface area contributed by atoms with Gasteiger partial charge in [0.15, 0.2) is 0 Å². The zero-order valence-corrected chi connectivity index (χ0v) is 10.6. The molecular formula is C14H18N4. The summed E-state index contributed by atoms with van der Waals surface area (Å²) >= 11 is 0. The second-order valence-electron chi connectivity index (χ2n) is 4.82. The van der Waals surface area contributed by atoms with Gasteiger partial charge in [0.05, 0.1) is 23.3 Å². The van der Waals surface area contributed by atoms with Crippen molar-refractivity contribution in [1.29, 1.82) is 0 Å². The fraction of sp³-hybridized carbons (Fsp3) is 0.357. The molecule has 0 bridgehead atoms. The molecule has 2 aromatic rings. The molecule has 0 unspecified atom stereocenters. The summed E-state index contributed by atoms with van der Waals surface area (Å²) in [6.45, 7) is 4.27. The smallest absolute Gasteiger partial charge is 0.0827 e. The first-order chi connectivity index (χ1) is 8.74. The third-order valence-corrected chi connectivity index (χ3v) is 3.52. The Morgan fingerprint density at radius 1 is 1.06 bits per heavy atom. The molecule has 0 atom stereocenters. The monoisotopic (exact) mass is 242 g/mol. The van der Waals surface area contributed by atoms with Gasteiger partial charge in [-0.1, -0.05) is 0 Å². The highest BCUT2D eigenvalue weighted by atomic mass is 15.3. The van der Waals surface area contributed by atoms with Gasteiger partial charge in [-0.25, -0.2) is 4.68 Å². The van der Waals surface area contributed by atoms with Crippen molar-refractivity contribution < 1.29 is 0 Å². The van der Waals surface area contributed by atoms with Gasteiger partial charge >= 0.3 is 0 Å². The van der Waals surface area contributed by atoms with Crippen LogP contribution in [0.15, 0.2) is 30.5 Å². The lowest BCUT2D eigenvalue weighted by Gasteiger charge is -2.17. The van der Waals surface area contributed by atoms with E-state index in [1.54, 1.807) is 0 Å². The number of nitrogens with two attached hydrogens (primary N) is 1. The van der Waals surface area contributed by atoms with Gasteiger partial charge in [0.25, 0.3) is 0 Å². The number of anilines is 2. The third kappa shape index (κ3) is 1.94. The van der Waals surface area contributed by atoms with Crippen molar-refractivity contribution in [2.24, 2.45) is 0 Å². The highest BCUT2D eigenvalue weighted by molar-refractivity contribution is 5.52. The summed E-state index contributed by atoms with van der Waals surface area (Å²) in [6.07, 6.45) is 4.47. The van der Waals surface area contributed by atoms with Crippen LogP contribution >= 0.6 is 0 Å². The summed E-state index contributed by atoms with van der Waals surface area (Å²) in [5.74, 6) is 0. The Bertz CT molecular complexity index is 516. The van der Waals surface area contributed by atoms with Gasteiger partial charge in [-0.3, -0.25) is 0 Å². The maximum atomic E-state index is 5.82. The molecule has 2 N–H and O–H groups in total. The van der Waals surface area contributed by atoms with E-state index in [0.29, 0.717) is 0 Å². The first-order valence-electron chi connectivity index (χ1n) is 6.41. The predicted molar refractivity (Wildman–Crippen MR) is 74.2 cm³/mol. The standard InChI is InChI=1S/C14H18N4/c1-11-14(15)10-18(16-11)13-6-4-12(5-7-13)17-8-2-3-9-17/h4-7,10H,2-3,8-9,15H2,1H3. The van der Waals surface area contributed by atoms with Gasteiger partial charge in [0.2, 0.25) is 0 Å². The predicted octanol–water partition coefficient (Wildman–Crippen LogP) is 2.36. The Kier molecular flexibility index (Phi) is 2.70. The number of aromatic nitrogens is 2. The number of hydrogen-bond donors (Lipinski definition) is 1. The van der Waals surface area contributed by atoms with Gasteiger partial charge in [-0.2, -0.15) is 5.10 Å². The van der Waals surface area contributed by atoms with Gasteiger partial charge in [0, 0.05) is 18.8 Å². The Balaban J connectivity index is 1.86. The molecule has 1 fully saturated rings. The lowest BCUT2D eigenvalue weighted by Crippen LogP contribution is -2.17. The van der Waals surface area contributed by atoms with Crippen LogP contribution < -0.4 is 10.6 Å². The molecule has 1 aromatic carbocycles. The zero-order valence-electron chi connectivity index (χ0n) is 10.6. The van der Waals surface area contributed by atoms with Crippen LogP contribution in [0.3, 0.4) is 0 Å². The van der Waals surface area contributed by atoms with E-state index in [9.17, 15) is 0 Å². The van der Waals surface area contributed by atoms with Crippen LogP contribution in [0.25, 0.3) is 5.69 Å². The fourth-order valence-electron chi connectivity index (χ4n) is 2.40. The summed E-state index contributed by atoms with van der Waals surface area (Å²) in [6, 6.07) is 8.51. The number of nitrogens with zero attached hydrogens (tertiary/aromatic N) is 3. The van der Waals surface area contributed by atoms with Crippen LogP contribution in [0.2, 0.25) is 0 Å². The largest absolute Gasteiger partial charge is 0.396 e. The SMILES string of the molecule is Cc1nn(-c2ccc(N3CCCC3)cc2)cc1N. The number of nitrogen functional groups attached to an aromatic ring is 1. The minimum Gasteiger partial charge on any atom is -0.396 e. The molecule has 1 aliphatic rings. The number of rotatable bonds is 2. The maximum absolute atomic E-state index is 5.82. The highest BCUT2D eigenvalue weighted by Crippen LogP contribution is 2.22. The molecule has 2 heterocycles. The van der Waals surface area contributed by atoms with Crippen LogP contribution in [-0.2, 0) is 0 Å². The molecule has 1 aromatic heterocycles. The molecule has 18 heavy (non-hydrogen) atoms. The molecule has 3 rings (SSSR count). The van der Waals surface area contributed by atoms with E-state index in [2.05, 4.69) is 34.3 Å². The molecule has 0 aliphatic carbocycles.